The average Bonchev–Trinajstić information content (AvgIpc) is 3.54. The lowest BCUT2D eigenvalue weighted by Gasteiger charge is -2.28. The number of thiophene rings is 1. The summed E-state index contributed by atoms with van der Waals surface area (Å²) in [5.74, 6) is 0.487. The zero-order valence-electron chi connectivity index (χ0n) is 18.0. The molecule has 166 valence electrons. The van der Waals surface area contributed by atoms with E-state index in [1.807, 2.05) is 23.6 Å². The second kappa shape index (κ2) is 10.4. The summed E-state index contributed by atoms with van der Waals surface area (Å²) in [7, 11) is 1.66. The number of nitrogens with zero attached hydrogens (tertiary/aromatic N) is 1. The van der Waals surface area contributed by atoms with Gasteiger partial charge in [0.15, 0.2) is 0 Å². The van der Waals surface area contributed by atoms with Crippen LogP contribution in [0.3, 0.4) is 0 Å². The molecule has 1 aliphatic rings. The minimum Gasteiger partial charge on any atom is -0.497 e. The Morgan fingerprint density at radius 1 is 1.03 bits per heavy atom. The van der Waals surface area contributed by atoms with Gasteiger partial charge in [-0.05, 0) is 73.3 Å². The first-order valence-corrected chi connectivity index (χ1v) is 11.6. The summed E-state index contributed by atoms with van der Waals surface area (Å²) in [5, 5.41) is 7.81. The van der Waals surface area contributed by atoms with Gasteiger partial charge in [-0.2, -0.15) is 0 Å². The number of amides is 2. The summed E-state index contributed by atoms with van der Waals surface area (Å²) in [5.41, 5.74) is 2.27. The number of rotatable bonds is 8. The zero-order valence-corrected chi connectivity index (χ0v) is 18.9. The molecule has 0 aliphatic carbocycles. The number of carbonyl (C=O) groups excluding carboxylic acids is 2. The maximum atomic E-state index is 12.9. The topological polar surface area (TPSA) is 70.7 Å². The van der Waals surface area contributed by atoms with Gasteiger partial charge in [0, 0.05) is 17.8 Å². The summed E-state index contributed by atoms with van der Waals surface area (Å²) in [6, 6.07) is 18.8. The van der Waals surface area contributed by atoms with Gasteiger partial charge in [0.1, 0.15) is 5.75 Å². The molecule has 4 rings (SSSR count). The molecule has 0 spiro atoms. The van der Waals surface area contributed by atoms with Crippen molar-refractivity contribution in [1.82, 2.24) is 10.2 Å². The van der Waals surface area contributed by atoms with E-state index < -0.39 is 0 Å². The van der Waals surface area contributed by atoms with Gasteiger partial charge in [0.05, 0.1) is 18.0 Å². The number of benzene rings is 2. The monoisotopic (exact) mass is 449 g/mol. The average molecular weight is 450 g/mol. The third-order valence-corrected chi connectivity index (χ3v) is 6.53. The number of ether oxygens (including phenoxy) is 1. The number of hydrogen-bond acceptors (Lipinski definition) is 5. The van der Waals surface area contributed by atoms with Crippen LogP contribution in [0.4, 0.5) is 5.69 Å². The molecule has 0 radical (unpaired) electrons. The molecule has 1 fully saturated rings. The third-order valence-electron chi connectivity index (χ3n) is 5.67. The first-order valence-electron chi connectivity index (χ1n) is 10.7. The molecule has 1 aromatic heterocycles. The lowest BCUT2D eigenvalue weighted by atomic mass is 10.0. The van der Waals surface area contributed by atoms with Crippen LogP contribution in [0, 0.1) is 0 Å². The van der Waals surface area contributed by atoms with Crippen LogP contribution in [0.1, 0.15) is 44.5 Å². The smallest absolute Gasteiger partial charge is 0.265 e. The van der Waals surface area contributed by atoms with E-state index in [2.05, 4.69) is 27.7 Å². The number of nitrogens with one attached hydrogen (secondary N) is 2. The minimum absolute atomic E-state index is 0.106. The van der Waals surface area contributed by atoms with E-state index in [0.717, 1.165) is 24.4 Å². The van der Waals surface area contributed by atoms with E-state index in [0.29, 0.717) is 22.7 Å². The maximum Gasteiger partial charge on any atom is 0.265 e. The van der Waals surface area contributed by atoms with Crippen molar-refractivity contribution in [1.29, 1.82) is 0 Å². The van der Waals surface area contributed by atoms with Gasteiger partial charge in [-0.15, -0.1) is 11.3 Å². The molecule has 7 heteroatoms. The molecule has 32 heavy (non-hydrogen) atoms. The van der Waals surface area contributed by atoms with Crippen LogP contribution in [0.5, 0.6) is 5.75 Å². The highest BCUT2D eigenvalue weighted by molar-refractivity contribution is 7.12. The van der Waals surface area contributed by atoms with Gasteiger partial charge >= 0.3 is 0 Å². The van der Waals surface area contributed by atoms with Gasteiger partial charge in [0.25, 0.3) is 11.8 Å². The fourth-order valence-corrected chi connectivity index (χ4v) is 4.59. The van der Waals surface area contributed by atoms with Crippen LogP contribution in [0.25, 0.3) is 0 Å². The molecule has 1 atom stereocenters. The fourth-order valence-electron chi connectivity index (χ4n) is 3.97. The van der Waals surface area contributed by atoms with Gasteiger partial charge in [-0.25, -0.2) is 0 Å². The van der Waals surface area contributed by atoms with Crippen molar-refractivity contribution in [2.45, 2.75) is 18.9 Å². The molecule has 2 N–H and O–H groups in total. The minimum atomic E-state index is -0.175. The maximum absolute atomic E-state index is 12.9. The second-order valence-electron chi connectivity index (χ2n) is 7.75. The summed E-state index contributed by atoms with van der Waals surface area (Å²) >= 11 is 1.38. The first kappa shape index (κ1) is 22.0. The Morgan fingerprint density at radius 2 is 1.81 bits per heavy atom. The molecule has 2 amide bonds. The molecule has 0 unspecified atom stereocenters. The van der Waals surface area contributed by atoms with Crippen LogP contribution < -0.4 is 15.4 Å². The van der Waals surface area contributed by atoms with Crippen molar-refractivity contribution in [3.05, 3.63) is 82.0 Å². The molecule has 1 saturated heterocycles. The van der Waals surface area contributed by atoms with E-state index >= 15 is 0 Å². The molecule has 1 aliphatic heterocycles. The van der Waals surface area contributed by atoms with Crippen LogP contribution in [0.2, 0.25) is 0 Å². The van der Waals surface area contributed by atoms with E-state index in [1.165, 1.54) is 24.2 Å². The molecular formula is C25H27N3O3S. The molecule has 2 aromatic carbocycles. The van der Waals surface area contributed by atoms with Gasteiger partial charge in [-0.3, -0.25) is 14.5 Å². The highest BCUT2D eigenvalue weighted by atomic mass is 32.1. The zero-order chi connectivity index (χ0) is 22.3. The van der Waals surface area contributed by atoms with Crippen molar-refractivity contribution < 1.29 is 14.3 Å². The van der Waals surface area contributed by atoms with Crippen molar-refractivity contribution in [3.63, 3.8) is 0 Å². The lowest BCUT2D eigenvalue weighted by Crippen LogP contribution is -2.36. The van der Waals surface area contributed by atoms with Gasteiger partial charge in [-0.1, -0.05) is 24.3 Å². The number of methoxy groups -OCH3 is 1. The van der Waals surface area contributed by atoms with E-state index in [1.54, 1.807) is 37.4 Å². The number of carbonyl (C=O) groups is 2. The molecule has 3 aromatic rings. The summed E-state index contributed by atoms with van der Waals surface area (Å²) in [6.45, 7) is 2.56. The Bertz CT molecular complexity index is 1040. The number of hydrogen-bond donors (Lipinski definition) is 2. The second-order valence-corrected chi connectivity index (χ2v) is 8.70. The summed E-state index contributed by atoms with van der Waals surface area (Å²) < 4.78 is 5.28. The molecular weight excluding hydrogens is 422 g/mol. The lowest BCUT2D eigenvalue weighted by molar-refractivity contribution is 0.0936. The third kappa shape index (κ3) is 5.36. The van der Waals surface area contributed by atoms with Crippen molar-refractivity contribution in [2.75, 3.05) is 32.1 Å². The van der Waals surface area contributed by atoms with Crippen LogP contribution in [-0.2, 0) is 0 Å². The summed E-state index contributed by atoms with van der Waals surface area (Å²) in [4.78, 5) is 28.3. The SMILES string of the molecule is COc1ccc([C@H](CNC(=O)c2cccc(NC(=O)c3cccs3)c2)N2CCCC2)cc1. The van der Waals surface area contributed by atoms with Crippen LogP contribution in [-0.4, -0.2) is 43.5 Å². The Kier molecular flexibility index (Phi) is 7.19. The highest BCUT2D eigenvalue weighted by Crippen LogP contribution is 2.26. The van der Waals surface area contributed by atoms with E-state index in [9.17, 15) is 9.59 Å². The van der Waals surface area contributed by atoms with Crippen molar-refractivity contribution >= 4 is 28.8 Å². The molecule has 2 heterocycles. The number of anilines is 1. The van der Waals surface area contributed by atoms with Crippen molar-refractivity contribution in [2.24, 2.45) is 0 Å². The van der Waals surface area contributed by atoms with Gasteiger partial charge in [0.2, 0.25) is 0 Å². The standard InChI is InChI=1S/C25H27N3O3S/c1-31-21-11-9-18(10-12-21)22(28-13-2-3-14-28)17-26-24(29)19-6-4-7-20(16-19)27-25(30)23-8-5-15-32-23/h4-12,15-16,22H,2-3,13-14,17H2,1H3,(H,26,29)(H,27,30)/t22-/m0/s1. The van der Waals surface area contributed by atoms with Crippen LogP contribution >= 0.6 is 11.3 Å². The largest absolute Gasteiger partial charge is 0.497 e. The molecule has 0 saturated carbocycles. The van der Waals surface area contributed by atoms with E-state index in [4.69, 9.17) is 4.74 Å². The Hall–Kier alpha value is -3.16. The number of likely N-dealkylation sites (tertiary alicyclic amines) is 1. The predicted octanol–water partition coefficient (Wildman–Crippen LogP) is 4.58. The predicted molar refractivity (Wildman–Crippen MR) is 128 cm³/mol. The normalized spacial score (nSPS) is 14.7. The molecule has 6 nitrogen and oxygen atoms in total. The van der Waals surface area contributed by atoms with Crippen LogP contribution in [0.15, 0.2) is 66.0 Å². The highest BCUT2D eigenvalue weighted by Gasteiger charge is 2.24. The summed E-state index contributed by atoms with van der Waals surface area (Å²) in [6.07, 6.45) is 2.35. The van der Waals surface area contributed by atoms with E-state index in [-0.39, 0.29) is 17.9 Å². The quantitative estimate of drug-likeness (QED) is 0.528. The van der Waals surface area contributed by atoms with Gasteiger partial charge < -0.3 is 15.4 Å². The Labute approximate surface area is 192 Å². The Balaban J connectivity index is 1.43. The van der Waals surface area contributed by atoms with Crippen molar-refractivity contribution in [3.8, 4) is 5.75 Å². The Morgan fingerprint density at radius 3 is 2.50 bits per heavy atom. The first-order chi connectivity index (χ1) is 15.6. The fraction of sp³-hybridized carbons (Fsp3) is 0.280. The molecule has 0 bridgehead atoms.